The van der Waals surface area contributed by atoms with Gasteiger partial charge in [0.1, 0.15) is 0 Å². The van der Waals surface area contributed by atoms with Crippen molar-refractivity contribution in [2.45, 2.75) is 113 Å². The summed E-state index contributed by atoms with van der Waals surface area (Å²) in [6.45, 7) is 23.0. The van der Waals surface area contributed by atoms with E-state index >= 15 is 0 Å². The molecule has 2 heterocycles. The van der Waals surface area contributed by atoms with E-state index < -0.39 is 5.79 Å². The van der Waals surface area contributed by atoms with Crippen molar-refractivity contribution in [3.8, 4) is 0 Å². The van der Waals surface area contributed by atoms with Crippen molar-refractivity contribution >= 4 is 0 Å². The summed E-state index contributed by atoms with van der Waals surface area (Å²) in [6.07, 6.45) is 3.39. The number of rotatable bonds is 7. The summed E-state index contributed by atoms with van der Waals surface area (Å²) in [5.41, 5.74) is 0. The Balaban J connectivity index is 2.28. The summed E-state index contributed by atoms with van der Waals surface area (Å²) in [6, 6.07) is 0. The van der Waals surface area contributed by atoms with E-state index in [2.05, 4.69) is 69.2 Å². The van der Waals surface area contributed by atoms with Gasteiger partial charge in [0, 0.05) is 11.8 Å². The van der Waals surface area contributed by atoms with E-state index in [1.807, 2.05) is 0 Å². The van der Waals surface area contributed by atoms with Gasteiger partial charge in [0.2, 0.25) is 0 Å². The van der Waals surface area contributed by atoms with Gasteiger partial charge >= 0.3 is 0 Å². The van der Waals surface area contributed by atoms with Crippen LogP contribution in [-0.2, 0) is 14.2 Å². The molecule has 2 aliphatic rings. The van der Waals surface area contributed by atoms with Gasteiger partial charge in [-0.25, -0.2) is 0 Å². The fourth-order valence-corrected chi connectivity index (χ4v) is 5.56. The van der Waals surface area contributed by atoms with Crippen LogP contribution < -0.4 is 0 Å². The van der Waals surface area contributed by atoms with E-state index in [-0.39, 0.29) is 18.5 Å². The Bertz CT molecular complexity index is 461. The Morgan fingerprint density at radius 1 is 0.889 bits per heavy atom. The molecule has 0 aromatic rings. The van der Waals surface area contributed by atoms with Crippen LogP contribution in [0.1, 0.15) is 88.5 Å². The van der Waals surface area contributed by atoms with E-state index in [4.69, 9.17) is 14.2 Å². The lowest BCUT2D eigenvalue weighted by atomic mass is 9.72. The highest BCUT2D eigenvalue weighted by atomic mass is 16.8. The summed E-state index contributed by atoms with van der Waals surface area (Å²) in [7, 11) is 0. The SMILES string of the molecule is CCC1OC(CC)(OC2OC(CC(C)C)C(C)C(C)C2C(C)C)C(C)C1C. The molecule has 0 aromatic carbocycles. The largest absolute Gasteiger partial charge is 0.349 e. The van der Waals surface area contributed by atoms with Crippen molar-refractivity contribution in [2.24, 2.45) is 41.4 Å². The van der Waals surface area contributed by atoms with E-state index in [0.717, 1.165) is 19.3 Å². The third-order valence-electron chi connectivity index (χ3n) is 7.75. The van der Waals surface area contributed by atoms with Crippen molar-refractivity contribution in [1.82, 2.24) is 0 Å². The van der Waals surface area contributed by atoms with Crippen LogP contribution in [0.15, 0.2) is 0 Å². The van der Waals surface area contributed by atoms with Crippen molar-refractivity contribution in [2.75, 3.05) is 0 Å². The summed E-state index contributed by atoms with van der Waals surface area (Å²) in [5, 5.41) is 0. The third-order valence-corrected chi connectivity index (χ3v) is 7.75. The maximum Gasteiger partial charge on any atom is 0.174 e. The molecule has 2 aliphatic heterocycles. The van der Waals surface area contributed by atoms with Crippen molar-refractivity contribution in [3.63, 3.8) is 0 Å². The normalized spacial score (nSPS) is 45.8. The second-order valence-corrected chi connectivity index (χ2v) is 10.2. The molecule has 9 atom stereocenters. The molecular formula is C24H46O3. The van der Waals surface area contributed by atoms with Crippen molar-refractivity contribution < 1.29 is 14.2 Å². The highest BCUT2D eigenvalue weighted by Gasteiger charge is 2.54. The first kappa shape index (κ1) is 23.2. The van der Waals surface area contributed by atoms with Gasteiger partial charge in [-0.1, -0.05) is 69.2 Å². The summed E-state index contributed by atoms with van der Waals surface area (Å²) in [5.74, 6) is 3.07. The highest BCUT2D eigenvalue weighted by molar-refractivity contribution is 4.93. The van der Waals surface area contributed by atoms with Gasteiger partial charge in [-0.3, -0.25) is 0 Å². The lowest BCUT2D eigenvalue weighted by Gasteiger charge is -2.49. The zero-order chi connectivity index (χ0) is 20.5. The van der Waals surface area contributed by atoms with Gasteiger partial charge in [-0.15, -0.1) is 0 Å². The average Bonchev–Trinajstić information content (AvgIpc) is 2.83. The summed E-state index contributed by atoms with van der Waals surface area (Å²) >= 11 is 0. The molecule has 160 valence electrons. The number of ether oxygens (including phenoxy) is 3. The number of hydrogen-bond donors (Lipinski definition) is 0. The van der Waals surface area contributed by atoms with Crippen LogP contribution in [0.2, 0.25) is 0 Å². The monoisotopic (exact) mass is 382 g/mol. The molecule has 9 unspecified atom stereocenters. The first-order valence-electron chi connectivity index (χ1n) is 11.6. The van der Waals surface area contributed by atoms with Crippen LogP contribution in [0.5, 0.6) is 0 Å². The van der Waals surface area contributed by atoms with Gasteiger partial charge < -0.3 is 14.2 Å². The maximum atomic E-state index is 6.86. The van der Waals surface area contributed by atoms with Crippen molar-refractivity contribution in [3.05, 3.63) is 0 Å². The smallest absolute Gasteiger partial charge is 0.174 e. The molecule has 0 aromatic heterocycles. The fraction of sp³-hybridized carbons (Fsp3) is 1.00. The van der Waals surface area contributed by atoms with Crippen LogP contribution in [0.4, 0.5) is 0 Å². The molecule has 0 N–H and O–H groups in total. The molecule has 0 radical (unpaired) electrons. The minimum Gasteiger partial charge on any atom is -0.349 e. The molecule has 3 nitrogen and oxygen atoms in total. The predicted octanol–water partition coefficient (Wildman–Crippen LogP) is 6.51. The average molecular weight is 383 g/mol. The second kappa shape index (κ2) is 9.13. The minimum atomic E-state index is -0.513. The van der Waals surface area contributed by atoms with Gasteiger partial charge in [0.05, 0.1) is 12.2 Å². The molecule has 3 heteroatoms. The Hall–Kier alpha value is -0.120. The quantitative estimate of drug-likeness (QED) is 0.502. The van der Waals surface area contributed by atoms with E-state index in [1.165, 1.54) is 0 Å². The van der Waals surface area contributed by atoms with E-state index in [0.29, 0.717) is 41.4 Å². The van der Waals surface area contributed by atoms with Crippen LogP contribution in [0.25, 0.3) is 0 Å². The molecule has 2 saturated heterocycles. The third kappa shape index (κ3) is 4.56. The van der Waals surface area contributed by atoms with Gasteiger partial charge in [-0.05, 0) is 48.9 Å². The Morgan fingerprint density at radius 2 is 1.52 bits per heavy atom. The Morgan fingerprint density at radius 3 is 1.96 bits per heavy atom. The summed E-state index contributed by atoms with van der Waals surface area (Å²) in [4.78, 5) is 0. The lowest BCUT2D eigenvalue weighted by Crippen LogP contribution is -2.53. The predicted molar refractivity (Wildman–Crippen MR) is 112 cm³/mol. The van der Waals surface area contributed by atoms with E-state index in [1.54, 1.807) is 0 Å². The molecule has 0 bridgehead atoms. The van der Waals surface area contributed by atoms with Crippen molar-refractivity contribution in [1.29, 1.82) is 0 Å². The van der Waals surface area contributed by atoms with Crippen LogP contribution in [0, 0.1) is 41.4 Å². The lowest BCUT2D eigenvalue weighted by molar-refractivity contribution is -0.359. The first-order valence-corrected chi connectivity index (χ1v) is 11.6. The molecule has 27 heavy (non-hydrogen) atoms. The molecule has 0 amide bonds. The second-order valence-electron chi connectivity index (χ2n) is 10.2. The molecule has 2 rings (SSSR count). The summed E-state index contributed by atoms with van der Waals surface area (Å²) < 4.78 is 20.1. The molecular weight excluding hydrogens is 336 g/mol. The molecule has 2 fully saturated rings. The zero-order valence-electron chi connectivity index (χ0n) is 19.6. The first-order chi connectivity index (χ1) is 12.6. The number of hydrogen-bond acceptors (Lipinski definition) is 3. The Kier molecular flexibility index (Phi) is 7.84. The topological polar surface area (TPSA) is 27.7 Å². The van der Waals surface area contributed by atoms with Crippen LogP contribution in [0.3, 0.4) is 0 Å². The molecule has 0 aliphatic carbocycles. The zero-order valence-corrected chi connectivity index (χ0v) is 19.6. The standard InChI is InChI=1S/C24H46O3/c1-11-20-18(9)19(10)24(12-2,26-20)27-23-22(15(5)6)17(8)16(7)21(25-23)13-14(3)4/h14-23H,11-13H2,1-10H3. The van der Waals surface area contributed by atoms with Gasteiger partial charge in [-0.2, -0.15) is 0 Å². The fourth-order valence-electron chi connectivity index (χ4n) is 5.56. The Labute approximate surface area is 168 Å². The minimum absolute atomic E-state index is 0.176. The van der Waals surface area contributed by atoms with Crippen LogP contribution in [-0.4, -0.2) is 24.3 Å². The maximum absolute atomic E-state index is 6.86. The van der Waals surface area contributed by atoms with E-state index in [9.17, 15) is 0 Å². The van der Waals surface area contributed by atoms with Gasteiger partial charge in [0.25, 0.3) is 0 Å². The van der Waals surface area contributed by atoms with Gasteiger partial charge in [0.15, 0.2) is 12.1 Å². The molecule has 0 spiro atoms. The van der Waals surface area contributed by atoms with Crippen LogP contribution >= 0.6 is 0 Å². The highest BCUT2D eigenvalue weighted by Crippen LogP contribution is 2.49. The molecule has 0 saturated carbocycles.